The first-order valence-corrected chi connectivity index (χ1v) is 8.96. The second kappa shape index (κ2) is 8.39. The van der Waals surface area contributed by atoms with E-state index in [1.807, 2.05) is 55.6 Å². The molecule has 2 N–H and O–H groups in total. The fraction of sp³-hybridized carbons (Fsp3) is 0.211. The molecule has 0 fully saturated rings. The van der Waals surface area contributed by atoms with Gasteiger partial charge in [0.25, 0.3) is 0 Å². The lowest BCUT2D eigenvalue weighted by Gasteiger charge is -2.07. The van der Waals surface area contributed by atoms with Crippen molar-refractivity contribution in [2.75, 3.05) is 6.54 Å². The Balaban J connectivity index is 1.47. The van der Waals surface area contributed by atoms with E-state index in [2.05, 4.69) is 20.6 Å². The zero-order valence-electron chi connectivity index (χ0n) is 14.0. The van der Waals surface area contributed by atoms with E-state index in [0.29, 0.717) is 13.1 Å². The topological polar surface area (TPSA) is 66.9 Å². The van der Waals surface area contributed by atoms with Gasteiger partial charge in [-0.1, -0.05) is 30.3 Å². The minimum Gasteiger partial charge on any atom is -0.338 e. The van der Waals surface area contributed by atoms with Crippen LogP contribution < -0.4 is 10.6 Å². The second-order valence-electron chi connectivity index (χ2n) is 5.61. The quantitative estimate of drug-likeness (QED) is 0.713. The summed E-state index contributed by atoms with van der Waals surface area (Å²) >= 11 is 1.65. The summed E-state index contributed by atoms with van der Waals surface area (Å²) < 4.78 is 0. The van der Waals surface area contributed by atoms with Crippen molar-refractivity contribution >= 4 is 17.4 Å². The molecule has 0 atom stereocenters. The average molecular weight is 352 g/mol. The predicted molar refractivity (Wildman–Crippen MR) is 100 cm³/mol. The Morgan fingerprint density at radius 2 is 1.96 bits per heavy atom. The van der Waals surface area contributed by atoms with Crippen LogP contribution in [0, 0.1) is 6.92 Å². The molecule has 0 saturated carbocycles. The first kappa shape index (κ1) is 17.1. The number of thiazole rings is 1. The molecule has 0 aliphatic heterocycles. The molecule has 25 heavy (non-hydrogen) atoms. The zero-order chi connectivity index (χ0) is 17.5. The van der Waals surface area contributed by atoms with Gasteiger partial charge in [-0.15, -0.1) is 11.3 Å². The molecule has 5 nitrogen and oxygen atoms in total. The molecular formula is C19H20N4OS. The van der Waals surface area contributed by atoms with E-state index in [1.165, 1.54) is 4.88 Å². The summed E-state index contributed by atoms with van der Waals surface area (Å²) in [7, 11) is 0. The van der Waals surface area contributed by atoms with Gasteiger partial charge in [0.05, 0.1) is 5.69 Å². The molecule has 3 rings (SSSR count). The SMILES string of the molecule is Cc1nc(-c2cccnc2)sc1CCNC(=O)NCc1ccccc1. The first-order chi connectivity index (χ1) is 12.2. The zero-order valence-corrected chi connectivity index (χ0v) is 14.8. The number of urea groups is 1. The summed E-state index contributed by atoms with van der Waals surface area (Å²) in [5, 5.41) is 6.72. The van der Waals surface area contributed by atoms with E-state index in [1.54, 1.807) is 17.5 Å². The van der Waals surface area contributed by atoms with Crippen molar-refractivity contribution in [3.05, 3.63) is 71.0 Å². The Kier molecular flexibility index (Phi) is 5.74. The van der Waals surface area contributed by atoms with Crippen LogP contribution >= 0.6 is 11.3 Å². The van der Waals surface area contributed by atoms with E-state index in [9.17, 15) is 4.79 Å². The molecule has 6 heteroatoms. The minimum atomic E-state index is -0.154. The summed E-state index contributed by atoms with van der Waals surface area (Å²) in [6.07, 6.45) is 4.34. The van der Waals surface area contributed by atoms with Crippen molar-refractivity contribution in [3.8, 4) is 10.6 Å². The summed E-state index contributed by atoms with van der Waals surface area (Å²) in [5.41, 5.74) is 3.11. The van der Waals surface area contributed by atoms with Gasteiger partial charge in [-0.05, 0) is 24.6 Å². The first-order valence-electron chi connectivity index (χ1n) is 8.14. The third-order valence-corrected chi connectivity index (χ3v) is 5.00. The van der Waals surface area contributed by atoms with E-state index in [-0.39, 0.29) is 6.03 Å². The van der Waals surface area contributed by atoms with Crippen molar-refractivity contribution in [3.63, 3.8) is 0 Å². The molecule has 0 unspecified atom stereocenters. The number of carbonyl (C=O) groups is 1. The van der Waals surface area contributed by atoms with E-state index >= 15 is 0 Å². The molecule has 0 radical (unpaired) electrons. The lowest BCUT2D eigenvalue weighted by molar-refractivity contribution is 0.240. The third kappa shape index (κ3) is 4.87. The van der Waals surface area contributed by atoms with Crippen molar-refractivity contribution in [1.29, 1.82) is 0 Å². The molecule has 3 aromatic rings. The number of aryl methyl sites for hydroxylation is 1. The monoisotopic (exact) mass is 352 g/mol. The number of hydrogen-bond acceptors (Lipinski definition) is 4. The molecule has 0 saturated heterocycles. The normalized spacial score (nSPS) is 10.4. The molecule has 1 aromatic carbocycles. The number of pyridine rings is 1. The molecule has 0 bridgehead atoms. The van der Waals surface area contributed by atoms with Crippen molar-refractivity contribution in [2.45, 2.75) is 19.9 Å². The molecular weight excluding hydrogens is 332 g/mol. The fourth-order valence-electron chi connectivity index (χ4n) is 2.40. The van der Waals surface area contributed by atoms with Crippen LogP contribution in [0.4, 0.5) is 4.79 Å². The van der Waals surface area contributed by atoms with Crippen LogP contribution in [0.5, 0.6) is 0 Å². The molecule has 2 aromatic heterocycles. The van der Waals surface area contributed by atoms with Crippen molar-refractivity contribution < 1.29 is 4.79 Å². The molecule has 128 valence electrons. The van der Waals surface area contributed by atoms with Crippen LogP contribution in [-0.2, 0) is 13.0 Å². The van der Waals surface area contributed by atoms with Crippen molar-refractivity contribution in [1.82, 2.24) is 20.6 Å². The largest absolute Gasteiger partial charge is 0.338 e. The van der Waals surface area contributed by atoms with Crippen molar-refractivity contribution in [2.24, 2.45) is 0 Å². The molecule has 2 amide bonds. The van der Waals surface area contributed by atoms with Gasteiger partial charge in [0.1, 0.15) is 5.01 Å². The number of amides is 2. The van der Waals surface area contributed by atoms with Gasteiger partial charge in [-0.25, -0.2) is 9.78 Å². The summed E-state index contributed by atoms with van der Waals surface area (Å²) in [4.78, 5) is 21.8. The van der Waals surface area contributed by atoms with Gasteiger partial charge in [0, 0.05) is 42.3 Å². The van der Waals surface area contributed by atoms with E-state index < -0.39 is 0 Å². The number of benzene rings is 1. The summed E-state index contributed by atoms with van der Waals surface area (Å²) in [6.45, 7) is 3.11. The van der Waals surface area contributed by atoms with Gasteiger partial charge in [0.2, 0.25) is 0 Å². The lowest BCUT2D eigenvalue weighted by Crippen LogP contribution is -2.36. The van der Waals surface area contributed by atoms with Gasteiger partial charge >= 0.3 is 6.03 Å². The minimum absolute atomic E-state index is 0.154. The highest BCUT2D eigenvalue weighted by molar-refractivity contribution is 7.15. The van der Waals surface area contributed by atoms with Gasteiger partial charge in [-0.3, -0.25) is 4.98 Å². The number of rotatable bonds is 6. The molecule has 0 aliphatic carbocycles. The Labute approximate surface area is 151 Å². The molecule has 0 aliphatic rings. The summed E-state index contributed by atoms with van der Waals surface area (Å²) in [5.74, 6) is 0. The Bertz CT molecular complexity index is 818. The number of hydrogen-bond donors (Lipinski definition) is 2. The van der Waals surface area contributed by atoms with Crippen LogP contribution in [0.15, 0.2) is 54.9 Å². The number of nitrogens with one attached hydrogen (secondary N) is 2. The number of nitrogens with zero attached hydrogens (tertiary/aromatic N) is 2. The second-order valence-corrected chi connectivity index (χ2v) is 6.70. The lowest BCUT2D eigenvalue weighted by atomic mass is 10.2. The highest BCUT2D eigenvalue weighted by atomic mass is 32.1. The highest BCUT2D eigenvalue weighted by Gasteiger charge is 2.10. The standard InChI is InChI=1S/C19H20N4OS/c1-14-17(25-18(23-14)16-8-5-10-20-13-16)9-11-21-19(24)22-12-15-6-3-2-4-7-15/h2-8,10,13H,9,11-12H2,1H3,(H2,21,22,24). The van der Waals surface area contributed by atoms with E-state index in [0.717, 1.165) is 28.2 Å². The van der Waals surface area contributed by atoms with Crippen LogP contribution in [0.3, 0.4) is 0 Å². The maximum atomic E-state index is 11.9. The number of aromatic nitrogens is 2. The van der Waals surface area contributed by atoms with Crippen LogP contribution in [0.2, 0.25) is 0 Å². The fourth-order valence-corrected chi connectivity index (χ4v) is 3.46. The van der Waals surface area contributed by atoms with Gasteiger partial charge in [-0.2, -0.15) is 0 Å². The van der Waals surface area contributed by atoms with Crippen LogP contribution in [0.1, 0.15) is 16.1 Å². The number of carbonyl (C=O) groups excluding carboxylic acids is 1. The maximum absolute atomic E-state index is 11.9. The predicted octanol–water partition coefficient (Wildman–Crippen LogP) is 3.56. The molecule has 0 spiro atoms. The third-order valence-electron chi connectivity index (χ3n) is 3.73. The smallest absolute Gasteiger partial charge is 0.315 e. The Morgan fingerprint density at radius 1 is 1.12 bits per heavy atom. The van der Waals surface area contributed by atoms with Gasteiger partial charge in [0.15, 0.2) is 0 Å². The van der Waals surface area contributed by atoms with Crippen LogP contribution in [0.25, 0.3) is 10.6 Å². The molecule has 2 heterocycles. The van der Waals surface area contributed by atoms with Crippen LogP contribution in [-0.4, -0.2) is 22.5 Å². The Morgan fingerprint density at radius 3 is 2.72 bits per heavy atom. The van der Waals surface area contributed by atoms with Gasteiger partial charge < -0.3 is 10.6 Å². The summed E-state index contributed by atoms with van der Waals surface area (Å²) in [6, 6.07) is 13.6. The maximum Gasteiger partial charge on any atom is 0.315 e. The van der Waals surface area contributed by atoms with E-state index in [4.69, 9.17) is 0 Å². The average Bonchev–Trinajstić information content (AvgIpc) is 3.02. The highest BCUT2D eigenvalue weighted by Crippen LogP contribution is 2.27. The Hall–Kier alpha value is -2.73.